The summed E-state index contributed by atoms with van der Waals surface area (Å²) in [7, 11) is 0. The van der Waals surface area contributed by atoms with Crippen molar-refractivity contribution in [1.82, 2.24) is 10.6 Å². The van der Waals surface area contributed by atoms with Gasteiger partial charge in [-0.25, -0.2) is 14.6 Å². The molecule has 0 saturated heterocycles. The molecule has 1 aromatic carbocycles. The maximum Gasteiger partial charge on any atom is 0.414 e. The third-order valence-electron chi connectivity index (χ3n) is 2.89. The summed E-state index contributed by atoms with van der Waals surface area (Å²) in [6.07, 6.45) is -1.00. The Balaban J connectivity index is 2.93. The lowest BCUT2D eigenvalue weighted by Gasteiger charge is -2.22. The normalized spacial score (nSPS) is 11.3. The van der Waals surface area contributed by atoms with Crippen molar-refractivity contribution in [3.63, 3.8) is 0 Å². The molecule has 2 amide bonds. The van der Waals surface area contributed by atoms with E-state index >= 15 is 0 Å². The van der Waals surface area contributed by atoms with Gasteiger partial charge in [-0.2, -0.15) is 0 Å². The van der Waals surface area contributed by atoms with E-state index in [0.717, 1.165) is 0 Å². The molecule has 29 heavy (non-hydrogen) atoms. The van der Waals surface area contributed by atoms with Gasteiger partial charge in [0.15, 0.2) is 0 Å². The highest BCUT2D eigenvalue weighted by Gasteiger charge is 2.21. The number of alkyl carbamates (subject to hydrolysis) is 2. The van der Waals surface area contributed by atoms with Gasteiger partial charge < -0.3 is 19.3 Å². The van der Waals surface area contributed by atoms with E-state index in [0.29, 0.717) is 24.5 Å². The number of hydrogen-bond donors (Lipinski definition) is 3. The zero-order valence-electron chi connectivity index (χ0n) is 17.9. The second-order valence-corrected chi connectivity index (χ2v) is 8.13. The Morgan fingerprint density at radius 1 is 0.931 bits per heavy atom. The van der Waals surface area contributed by atoms with Gasteiger partial charge in [0.05, 0.1) is 12.3 Å². The van der Waals surface area contributed by atoms with Crippen LogP contribution in [-0.4, -0.2) is 47.7 Å². The van der Waals surface area contributed by atoms with E-state index in [-0.39, 0.29) is 12.6 Å². The Kier molecular flexibility index (Phi) is 8.90. The molecule has 0 bridgehead atoms. The predicted molar refractivity (Wildman–Crippen MR) is 109 cm³/mol. The van der Waals surface area contributed by atoms with Crippen LogP contribution >= 0.6 is 0 Å². The standard InChI is InChI=1S/C20H31N3O6/c1-19(2,3)28-17(25)22-16(23-18(26)29-20(4,5)6)21-14-8-10-15(11-9-14)27-13-7-12-24/h8-11,24H,7,12-13H2,1-6H3,(H2,21,22,23,25,26). The highest BCUT2D eigenvalue weighted by molar-refractivity contribution is 6.02. The number of benzene rings is 1. The van der Waals surface area contributed by atoms with Gasteiger partial charge in [0.1, 0.15) is 17.0 Å². The number of aliphatic imine (C=N–C) groups is 1. The topological polar surface area (TPSA) is 118 Å². The number of hydrogen-bond acceptors (Lipinski definition) is 7. The minimum absolute atomic E-state index is 0.0540. The third kappa shape index (κ3) is 11.6. The lowest BCUT2D eigenvalue weighted by atomic mass is 10.2. The Hall–Kier alpha value is -2.81. The van der Waals surface area contributed by atoms with E-state index in [1.807, 2.05) is 0 Å². The fourth-order valence-electron chi connectivity index (χ4n) is 1.89. The van der Waals surface area contributed by atoms with E-state index in [2.05, 4.69) is 15.6 Å². The van der Waals surface area contributed by atoms with Crippen LogP contribution in [0.4, 0.5) is 15.3 Å². The molecule has 1 aromatic rings. The van der Waals surface area contributed by atoms with Crippen LogP contribution in [-0.2, 0) is 9.47 Å². The molecule has 0 aliphatic carbocycles. The monoisotopic (exact) mass is 409 g/mol. The largest absolute Gasteiger partial charge is 0.494 e. The maximum atomic E-state index is 12.1. The van der Waals surface area contributed by atoms with E-state index in [9.17, 15) is 9.59 Å². The van der Waals surface area contributed by atoms with Gasteiger partial charge in [0, 0.05) is 13.0 Å². The molecule has 9 heteroatoms. The number of ether oxygens (including phenoxy) is 3. The first-order chi connectivity index (χ1) is 13.4. The average molecular weight is 409 g/mol. The van der Waals surface area contributed by atoms with E-state index in [1.165, 1.54) is 0 Å². The van der Waals surface area contributed by atoms with Gasteiger partial charge in [-0.05, 0) is 65.8 Å². The molecule has 0 aromatic heterocycles. The van der Waals surface area contributed by atoms with Crippen molar-refractivity contribution < 1.29 is 28.9 Å². The van der Waals surface area contributed by atoms with Crippen molar-refractivity contribution in [3.05, 3.63) is 24.3 Å². The first kappa shape index (κ1) is 24.2. The molecular weight excluding hydrogens is 378 g/mol. The lowest BCUT2D eigenvalue weighted by molar-refractivity contribution is 0.0545. The first-order valence-corrected chi connectivity index (χ1v) is 9.30. The minimum atomic E-state index is -0.767. The van der Waals surface area contributed by atoms with Crippen molar-refractivity contribution in [2.45, 2.75) is 59.2 Å². The summed E-state index contributed by atoms with van der Waals surface area (Å²) in [5.41, 5.74) is -0.967. The average Bonchev–Trinajstić information content (AvgIpc) is 2.53. The molecule has 1 rings (SSSR count). The van der Waals surface area contributed by atoms with Crippen LogP contribution in [0.15, 0.2) is 29.3 Å². The van der Waals surface area contributed by atoms with E-state index < -0.39 is 23.4 Å². The van der Waals surface area contributed by atoms with Crippen LogP contribution in [0, 0.1) is 0 Å². The van der Waals surface area contributed by atoms with Crippen LogP contribution in [0.5, 0.6) is 5.75 Å². The number of guanidine groups is 1. The molecule has 0 fully saturated rings. The zero-order valence-corrected chi connectivity index (χ0v) is 17.9. The number of amides is 2. The minimum Gasteiger partial charge on any atom is -0.494 e. The lowest BCUT2D eigenvalue weighted by Crippen LogP contribution is -2.47. The smallest absolute Gasteiger partial charge is 0.414 e. The third-order valence-corrected chi connectivity index (χ3v) is 2.89. The fourth-order valence-corrected chi connectivity index (χ4v) is 1.89. The number of nitrogens with zero attached hydrogens (tertiary/aromatic N) is 1. The van der Waals surface area contributed by atoms with Gasteiger partial charge in [-0.3, -0.25) is 10.6 Å². The second-order valence-electron chi connectivity index (χ2n) is 8.13. The van der Waals surface area contributed by atoms with Crippen LogP contribution < -0.4 is 15.4 Å². The van der Waals surface area contributed by atoms with Crippen LogP contribution in [0.25, 0.3) is 0 Å². The Morgan fingerprint density at radius 2 is 1.41 bits per heavy atom. The molecule has 9 nitrogen and oxygen atoms in total. The molecule has 0 unspecified atom stereocenters. The van der Waals surface area contributed by atoms with Crippen LogP contribution in [0.2, 0.25) is 0 Å². The van der Waals surface area contributed by atoms with Gasteiger partial charge in [0.2, 0.25) is 5.96 Å². The number of nitrogens with one attached hydrogen (secondary N) is 2. The number of rotatable bonds is 5. The van der Waals surface area contributed by atoms with E-state index in [4.69, 9.17) is 19.3 Å². The predicted octanol–water partition coefficient (Wildman–Crippen LogP) is 3.48. The number of aliphatic hydroxyl groups is 1. The molecule has 0 spiro atoms. The van der Waals surface area contributed by atoms with Crippen LogP contribution in [0.1, 0.15) is 48.0 Å². The molecule has 0 atom stereocenters. The summed E-state index contributed by atoms with van der Waals surface area (Å²) in [5.74, 6) is 0.474. The van der Waals surface area contributed by atoms with Crippen LogP contribution in [0.3, 0.4) is 0 Å². The summed E-state index contributed by atoms with van der Waals surface area (Å²) in [4.78, 5) is 28.4. The Morgan fingerprint density at radius 3 is 1.83 bits per heavy atom. The molecule has 162 valence electrons. The molecule has 0 saturated carbocycles. The van der Waals surface area contributed by atoms with Gasteiger partial charge in [-0.1, -0.05) is 0 Å². The van der Waals surface area contributed by atoms with Crippen molar-refractivity contribution in [1.29, 1.82) is 0 Å². The Bertz CT molecular complexity index is 670. The second kappa shape index (κ2) is 10.7. The molecule has 0 aliphatic heterocycles. The quantitative estimate of drug-likeness (QED) is 0.389. The summed E-state index contributed by atoms with van der Waals surface area (Å²) in [6.45, 7) is 10.8. The highest BCUT2D eigenvalue weighted by atomic mass is 16.6. The molecule has 0 aliphatic rings. The van der Waals surface area contributed by atoms with Crippen molar-refractivity contribution in [2.24, 2.45) is 4.99 Å². The highest BCUT2D eigenvalue weighted by Crippen LogP contribution is 2.18. The maximum absolute atomic E-state index is 12.1. The fraction of sp³-hybridized carbons (Fsp3) is 0.550. The number of carbonyl (C=O) groups excluding carboxylic acids is 2. The summed E-state index contributed by atoms with van der Waals surface area (Å²) < 4.78 is 15.9. The number of carbonyl (C=O) groups is 2. The van der Waals surface area contributed by atoms with Gasteiger partial charge in [-0.15, -0.1) is 0 Å². The summed E-state index contributed by atoms with van der Waals surface area (Å²) >= 11 is 0. The molecular formula is C20H31N3O6. The summed E-state index contributed by atoms with van der Waals surface area (Å²) in [6, 6.07) is 6.69. The zero-order chi connectivity index (χ0) is 22.1. The summed E-state index contributed by atoms with van der Waals surface area (Å²) in [5, 5.41) is 13.6. The van der Waals surface area contributed by atoms with Gasteiger partial charge >= 0.3 is 12.2 Å². The van der Waals surface area contributed by atoms with E-state index in [1.54, 1.807) is 65.8 Å². The number of aliphatic hydroxyl groups excluding tert-OH is 1. The first-order valence-electron chi connectivity index (χ1n) is 9.30. The van der Waals surface area contributed by atoms with Crippen molar-refractivity contribution in [2.75, 3.05) is 13.2 Å². The Labute approximate surface area is 171 Å². The van der Waals surface area contributed by atoms with Crippen molar-refractivity contribution in [3.8, 4) is 5.75 Å². The molecule has 3 N–H and O–H groups in total. The molecule has 0 radical (unpaired) electrons. The van der Waals surface area contributed by atoms with Crippen molar-refractivity contribution >= 4 is 23.8 Å². The van der Waals surface area contributed by atoms with Gasteiger partial charge in [0.25, 0.3) is 0 Å². The molecule has 0 heterocycles. The SMILES string of the molecule is CC(C)(C)OC(=O)NC(=Nc1ccc(OCCCO)cc1)NC(=O)OC(C)(C)C.